The molecule has 0 radical (unpaired) electrons. The van der Waals surface area contributed by atoms with E-state index in [1.807, 2.05) is 0 Å². The van der Waals surface area contributed by atoms with Crippen molar-refractivity contribution in [2.75, 3.05) is 5.32 Å². The van der Waals surface area contributed by atoms with Crippen LogP contribution in [-0.2, 0) is 16.0 Å². The molecule has 0 fully saturated rings. The summed E-state index contributed by atoms with van der Waals surface area (Å²) < 4.78 is 65.1. The first-order valence-electron chi connectivity index (χ1n) is 8.38. The Morgan fingerprint density at radius 3 is 2.41 bits per heavy atom. The van der Waals surface area contributed by atoms with Gasteiger partial charge in [0.2, 0.25) is 0 Å². The Bertz CT molecular complexity index is 1090. The van der Waals surface area contributed by atoms with E-state index in [1.165, 1.54) is 6.08 Å². The monoisotopic (exact) mass is 436 g/mol. The first-order chi connectivity index (χ1) is 13.1. The summed E-state index contributed by atoms with van der Waals surface area (Å²) in [7, 11) is -9.86. The number of amides is 1. The number of nitrogens with one attached hydrogen (secondary N) is 2. The third-order valence-corrected chi connectivity index (χ3v) is 5.87. The van der Waals surface area contributed by atoms with Crippen molar-refractivity contribution in [2.24, 2.45) is 0 Å². The van der Waals surface area contributed by atoms with Gasteiger partial charge in [0.25, 0.3) is 5.91 Å². The molecule has 29 heavy (non-hydrogen) atoms. The lowest BCUT2D eigenvalue weighted by molar-refractivity contribution is -0.137. The van der Waals surface area contributed by atoms with Crippen LogP contribution in [0.25, 0.3) is 11.6 Å². The molecule has 0 saturated carbocycles. The molecule has 1 aromatic carbocycles. The molecule has 2 aromatic rings. The number of aromatic amines is 1. The number of H-pyrrole nitrogens is 1. The Morgan fingerprint density at radius 1 is 1.17 bits per heavy atom. The normalized spacial score (nSPS) is 17.6. The second-order valence-electron chi connectivity index (χ2n) is 6.85. The lowest BCUT2D eigenvalue weighted by atomic mass is 10.0. The predicted molar refractivity (Wildman–Crippen MR) is 101 cm³/mol. The van der Waals surface area contributed by atoms with Gasteiger partial charge in [0, 0.05) is 23.4 Å². The summed E-state index contributed by atoms with van der Waals surface area (Å²) in [5.41, 5.74) is 2.37. The largest absolute Gasteiger partial charge is 0.481 e. The molecular weight excluding hydrogens is 419 g/mol. The number of rotatable bonds is 5. The summed E-state index contributed by atoms with van der Waals surface area (Å²) >= 11 is 0. The Hall–Kier alpha value is -2.82. The maximum atomic E-state index is 13.0. The van der Waals surface area contributed by atoms with Gasteiger partial charge in [-0.05, 0) is 49.6 Å². The van der Waals surface area contributed by atoms with Gasteiger partial charge >= 0.3 is 16.2 Å². The van der Waals surface area contributed by atoms with Gasteiger partial charge in [-0.3, -0.25) is 9.59 Å². The number of benzene rings is 1. The summed E-state index contributed by atoms with van der Waals surface area (Å²) in [6, 6.07) is 1.34. The fourth-order valence-corrected chi connectivity index (χ4v) is 3.93. The lowest BCUT2D eigenvalue weighted by Gasteiger charge is -2.40. The number of carboxylic acid groups (broad SMARTS) is 1. The van der Waals surface area contributed by atoms with Crippen LogP contribution in [0.15, 0.2) is 23.1 Å². The Kier molecular flexibility index (Phi) is 4.21. The molecule has 1 amide bonds. The van der Waals surface area contributed by atoms with E-state index in [9.17, 15) is 29.0 Å². The topological polar surface area (TPSA) is 82.2 Å². The highest BCUT2D eigenvalue weighted by Gasteiger charge is 2.65. The van der Waals surface area contributed by atoms with E-state index < -0.39 is 27.0 Å². The second kappa shape index (κ2) is 5.85. The van der Waals surface area contributed by atoms with E-state index in [4.69, 9.17) is 5.11 Å². The molecule has 0 saturated heterocycles. The van der Waals surface area contributed by atoms with Crippen molar-refractivity contribution in [1.29, 1.82) is 0 Å². The molecule has 3 rings (SSSR count). The molecule has 0 aliphatic carbocycles. The number of aryl methyl sites for hydroxylation is 1. The number of carboxylic acids is 1. The minimum Gasteiger partial charge on any atom is -0.481 e. The number of halogens is 5. The highest BCUT2D eigenvalue weighted by molar-refractivity contribution is 8.45. The first-order valence-corrected chi connectivity index (χ1v) is 10.3. The molecule has 1 aliphatic rings. The first kappa shape index (κ1) is 20.9. The van der Waals surface area contributed by atoms with Crippen LogP contribution >= 0.6 is 10.2 Å². The number of fused-ring (bicyclic) bond motifs is 1. The van der Waals surface area contributed by atoms with Gasteiger partial charge < -0.3 is 15.4 Å². The van der Waals surface area contributed by atoms with Gasteiger partial charge in [0.1, 0.15) is 4.90 Å². The highest BCUT2D eigenvalue weighted by Crippen LogP contribution is 3.02. The number of aromatic nitrogens is 1. The fraction of sp³-hybridized carbons (Fsp3) is 0.222. The molecule has 0 atom stereocenters. The zero-order chi connectivity index (χ0) is 21.8. The van der Waals surface area contributed by atoms with Crippen molar-refractivity contribution in [2.45, 2.75) is 31.6 Å². The van der Waals surface area contributed by atoms with Gasteiger partial charge in [0.05, 0.1) is 11.3 Å². The van der Waals surface area contributed by atoms with Gasteiger partial charge in [-0.25, -0.2) is 0 Å². The predicted octanol–water partition coefficient (Wildman–Crippen LogP) is 5.80. The number of hydrogen-bond acceptors (Lipinski definition) is 2. The molecule has 0 spiro atoms. The molecule has 1 aliphatic heterocycles. The van der Waals surface area contributed by atoms with Crippen molar-refractivity contribution in [3.63, 3.8) is 0 Å². The number of carbonyl (C=O) groups is 2. The van der Waals surface area contributed by atoms with Crippen LogP contribution in [0.2, 0.25) is 0 Å². The van der Waals surface area contributed by atoms with Crippen LogP contribution in [0.5, 0.6) is 0 Å². The van der Waals surface area contributed by atoms with E-state index in [2.05, 4.69) is 10.3 Å². The molecule has 0 unspecified atom stereocenters. The molecule has 11 heteroatoms. The van der Waals surface area contributed by atoms with Crippen molar-refractivity contribution in [3.05, 3.63) is 46.3 Å². The average molecular weight is 436 g/mol. The lowest BCUT2D eigenvalue weighted by Crippen LogP contribution is -2.07. The third kappa shape index (κ3) is 4.14. The summed E-state index contributed by atoms with van der Waals surface area (Å²) in [4.78, 5) is 24.0. The third-order valence-electron chi connectivity index (χ3n) is 4.73. The molecule has 158 valence electrons. The van der Waals surface area contributed by atoms with Crippen LogP contribution < -0.4 is 5.32 Å². The van der Waals surface area contributed by atoms with E-state index in [-0.39, 0.29) is 41.8 Å². The van der Waals surface area contributed by atoms with Gasteiger partial charge in [0.15, 0.2) is 0 Å². The minimum absolute atomic E-state index is 0.0165. The standard InChI is InChI=1S/C18H17F5N2O3S/c1-9-12(5-6-17(26)27)10(2)24-15(9)8-14-13-4-3-11(29(19,20,21,22)23)7-16(13)25-18(14)28/h3-4,7-8,24H,5-6H2,1-2H3,(H,25,28)(H,26,27)/b14-8-. The van der Waals surface area contributed by atoms with Gasteiger partial charge in [-0.1, -0.05) is 25.5 Å². The average Bonchev–Trinajstić information content (AvgIpc) is 3.00. The number of carbonyl (C=O) groups excluding carboxylic acids is 1. The van der Waals surface area contributed by atoms with Crippen molar-refractivity contribution in [1.82, 2.24) is 4.98 Å². The van der Waals surface area contributed by atoms with Crippen LogP contribution in [0, 0.1) is 13.8 Å². The zero-order valence-electron chi connectivity index (χ0n) is 15.3. The summed E-state index contributed by atoms with van der Waals surface area (Å²) in [6.45, 7) is 3.45. The maximum absolute atomic E-state index is 13.0. The van der Waals surface area contributed by atoms with Crippen molar-refractivity contribution < 1.29 is 34.1 Å². The molecular formula is C18H17F5N2O3S. The zero-order valence-corrected chi connectivity index (χ0v) is 16.1. The number of anilines is 1. The fourth-order valence-electron chi connectivity index (χ4n) is 3.27. The van der Waals surface area contributed by atoms with Crippen LogP contribution in [0.1, 0.15) is 34.5 Å². The van der Waals surface area contributed by atoms with E-state index in [0.717, 1.165) is 11.6 Å². The molecule has 2 heterocycles. The van der Waals surface area contributed by atoms with Crippen LogP contribution in [0.4, 0.5) is 25.1 Å². The summed E-state index contributed by atoms with van der Waals surface area (Å²) in [5.74, 6) is -1.69. The minimum atomic E-state index is -9.86. The maximum Gasteiger partial charge on any atom is 0.310 e. The highest BCUT2D eigenvalue weighted by atomic mass is 32.5. The quantitative estimate of drug-likeness (QED) is 0.409. The van der Waals surface area contributed by atoms with Gasteiger partial charge in [-0.15, -0.1) is 0 Å². The van der Waals surface area contributed by atoms with Crippen molar-refractivity contribution >= 4 is 39.4 Å². The molecule has 1 aromatic heterocycles. The molecule has 5 nitrogen and oxygen atoms in total. The van der Waals surface area contributed by atoms with E-state index in [1.54, 1.807) is 13.8 Å². The molecule has 3 N–H and O–H groups in total. The summed E-state index contributed by atoms with van der Waals surface area (Å²) in [5, 5.41) is 11.0. The number of aliphatic carboxylic acids is 1. The SMILES string of the molecule is Cc1[nH]c(/C=C2\C(=O)Nc3cc(S(F)(F)(F)(F)F)ccc32)c(C)c1CCC(=O)O. The van der Waals surface area contributed by atoms with Crippen LogP contribution in [0.3, 0.4) is 0 Å². The van der Waals surface area contributed by atoms with Gasteiger partial charge in [-0.2, -0.15) is 0 Å². The van der Waals surface area contributed by atoms with Crippen molar-refractivity contribution in [3.8, 4) is 0 Å². The van der Waals surface area contributed by atoms with E-state index in [0.29, 0.717) is 17.0 Å². The molecule has 0 bridgehead atoms. The second-order valence-corrected chi connectivity index (χ2v) is 9.26. The Balaban J connectivity index is 2.03. The Morgan fingerprint density at radius 2 is 1.83 bits per heavy atom. The summed E-state index contributed by atoms with van der Waals surface area (Å²) in [6.07, 6.45) is 1.59. The smallest absolute Gasteiger partial charge is 0.310 e. The van der Waals surface area contributed by atoms with E-state index >= 15 is 0 Å². The Labute approximate surface area is 162 Å². The number of hydrogen-bond donors (Lipinski definition) is 3. The van der Waals surface area contributed by atoms with Crippen LogP contribution in [-0.4, -0.2) is 22.0 Å².